The van der Waals surface area contributed by atoms with Gasteiger partial charge in [-0.1, -0.05) is 13.8 Å². The van der Waals surface area contributed by atoms with E-state index < -0.39 is 0 Å². The predicted octanol–water partition coefficient (Wildman–Crippen LogP) is 4.67. The quantitative estimate of drug-likeness (QED) is 0.862. The predicted molar refractivity (Wildman–Crippen MR) is 80.4 cm³/mol. The first kappa shape index (κ1) is 13.8. The normalized spacial score (nSPS) is 12.9. The zero-order valence-corrected chi connectivity index (χ0v) is 13.3. The van der Waals surface area contributed by atoms with Crippen LogP contribution in [0.15, 0.2) is 27.1 Å². The van der Waals surface area contributed by atoms with Crippen LogP contribution in [0.2, 0.25) is 0 Å². The summed E-state index contributed by atoms with van der Waals surface area (Å²) in [7, 11) is 0. The van der Waals surface area contributed by atoms with Crippen LogP contribution < -0.4 is 5.32 Å². The highest BCUT2D eigenvalue weighted by Gasteiger charge is 2.19. The highest BCUT2D eigenvalue weighted by Crippen LogP contribution is 2.34. The van der Waals surface area contributed by atoms with E-state index in [1.165, 1.54) is 14.2 Å². The first-order valence-electron chi connectivity index (χ1n) is 6.23. The fraction of sp³-hybridized carbons (Fsp3) is 0.429. The molecule has 1 atom stereocenters. The van der Waals surface area contributed by atoms with Gasteiger partial charge in [-0.2, -0.15) is 0 Å². The third-order valence-electron chi connectivity index (χ3n) is 2.88. The molecule has 1 N–H and O–H groups in total. The second-order valence-corrected chi connectivity index (χ2v) is 6.34. The number of aryl methyl sites for hydroxylation is 2. The Labute approximate surface area is 121 Å². The molecular weight excluding hydrogens is 310 g/mol. The minimum Gasteiger partial charge on any atom is -0.464 e. The molecule has 0 spiro atoms. The van der Waals surface area contributed by atoms with Crippen LogP contribution in [0.4, 0.5) is 0 Å². The van der Waals surface area contributed by atoms with E-state index >= 15 is 0 Å². The molecule has 98 valence electrons. The van der Waals surface area contributed by atoms with Crippen LogP contribution in [0.3, 0.4) is 0 Å². The van der Waals surface area contributed by atoms with E-state index in [9.17, 15) is 0 Å². The maximum absolute atomic E-state index is 5.88. The van der Waals surface area contributed by atoms with E-state index in [0.29, 0.717) is 0 Å². The molecule has 2 aromatic heterocycles. The molecular formula is C14H18BrNOS. The number of hydrogen-bond donors (Lipinski definition) is 1. The number of halogens is 1. The Kier molecular flexibility index (Phi) is 4.65. The van der Waals surface area contributed by atoms with Crippen molar-refractivity contribution in [3.05, 3.63) is 43.9 Å². The van der Waals surface area contributed by atoms with Crippen molar-refractivity contribution in [2.24, 2.45) is 0 Å². The van der Waals surface area contributed by atoms with E-state index in [2.05, 4.69) is 60.2 Å². The van der Waals surface area contributed by atoms with Crippen molar-refractivity contribution in [2.45, 2.75) is 33.2 Å². The van der Waals surface area contributed by atoms with Gasteiger partial charge in [0, 0.05) is 20.6 Å². The van der Waals surface area contributed by atoms with Gasteiger partial charge in [0.2, 0.25) is 0 Å². The summed E-state index contributed by atoms with van der Waals surface area (Å²) in [5.74, 6) is 2.04. The fourth-order valence-electron chi connectivity index (χ4n) is 1.91. The Bertz CT molecular complexity index is 498. The molecule has 0 saturated heterocycles. The van der Waals surface area contributed by atoms with Crippen LogP contribution in [0.5, 0.6) is 0 Å². The Morgan fingerprint density at radius 3 is 2.67 bits per heavy atom. The highest BCUT2D eigenvalue weighted by atomic mass is 79.9. The van der Waals surface area contributed by atoms with Crippen LogP contribution in [-0.2, 0) is 6.42 Å². The molecule has 0 bridgehead atoms. The summed E-state index contributed by atoms with van der Waals surface area (Å²) < 4.78 is 7.05. The second kappa shape index (κ2) is 6.04. The largest absolute Gasteiger partial charge is 0.464 e. The first-order valence-corrected chi connectivity index (χ1v) is 7.84. The molecule has 0 aliphatic carbocycles. The van der Waals surface area contributed by atoms with Crippen LogP contribution in [0.25, 0.3) is 0 Å². The minimum atomic E-state index is 0.158. The van der Waals surface area contributed by atoms with Crippen molar-refractivity contribution < 1.29 is 4.42 Å². The Balaban J connectivity index is 2.32. The summed E-state index contributed by atoms with van der Waals surface area (Å²) in [6, 6.07) is 6.48. The lowest BCUT2D eigenvalue weighted by Crippen LogP contribution is -2.20. The van der Waals surface area contributed by atoms with Crippen molar-refractivity contribution in [1.82, 2.24) is 5.32 Å². The lowest BCUT2D eigenvalue weighted by molar-refractivity contribution is 0.428. The number of furan rings is 1. The molecule has 0 amide bonds. The molecule has 2 aromatic rings. The van der Waals surface area contributed by atoms with E-state index in [4.69, 9.17) is 4.42 Å². The molecule has 0 radical (unpaired) electrons. The summed E-state index contributed by atoms with van der Waals surface area (Å²) >= 11 is 5.38. The SMILES string of the molecule is CCNC(c1ccc(CC)o1)c1cc(Br)c(C)s1. The summed E-state index contributed by atoms with van der Waals surface area (Å²) in [5.41, 5.74) is 0. The Morgan fingerprint density at radius 2 is 2.17 bits per heavy atom. The summed E-state index contributed by atoms with van der Waals surface area (Å²) in [6.07, 6.45) is 0.937. The smallest absolute Gasteiger partial charge is 0.126 e. The monoisotopic (exact) mass is 327 g/mol. The molecule has 0 fully saturated rings. The Morgan fingerprint density at radius 1 is 1.39 bits per heavy atom. The maximum Gasteiger partial charge on any atom is 0.126 e. The van der Waals surface area contributed by atoms with Crippen LogP contribution in [0.1, 0.15) is 41.2 Å². The van der Waals surface area contributed by atoms with E-state index in [1.807, 2.05) is 0 Å². The summed E-state index contributed by atoms with van der Waals surface area (Å²) in [6.45, 7) is 7.27. The third-order valence-corrected chi connectivity index (χ3v) is 5.09. The van der Waals surface area contributed by atoms with Crippen molar-refractivity contribution in [3.63, 3.8) is 0 Å². The minimum absolute atomic E-state index is 0.158. The highest BCUT2D eigenvalue weighted by molar-refractivity contribution is 9.10. The molecule has 4 heteroatoms. The standard InChI is InChI=1S/C14H18BrNOS/c1-4-10-6-7-12(17-10)14(16-5-2)13-8-11(15)9(3)18-13/h6-8,14,16H,4-5H2,1-3H3. The third kappa shape index (κ3) is 2.87. The maximum atomic E-state index is 5.88. The molecule has 18 heavy (non-hydrogen) atoms. The number of thiophene rings is 1. The van der Waals surface area contributed by atoms with Gasteiger partial charge in [0.15, 0.2) is 0 Å². The van der Waals surface area contributed by atoms with Crippen LogP contribution >= 0.6 is 27.3 Å². The molecule has 0 aromatic carbocycles. The average molecular weight is 328 g/mol. The molecule has 2 nitrogen and oxygen atoms in total. The van der Waals surface area contributed by atoms with Crippen LogP contribution in [0, 0.1) is 6.92 Å². The molecule has 2 rings (SSSR count). The van der Waals surface area contributed by atoms with Gasteiger partial charge >= 0.3 is 0 Å². The van der Waals surface area contributed by atoms with Gasteiger partial charge in [-0.05, 0) is 47.6 Å². The van der Waals surface area contributed by atoms with Crippen molar-refractivity contribution in [3.8, 4) is 0 Å². The number of rotatable bonds is 5. The number of hydrogen-bond acceptors (Lipinski definition) is 3. The lowest BCUT2D eigenvalue weighted by Gasteiger charge is -2.13. The van der Waals surface area contributed by atoms with Gasteiger partial charge in [-0.25, -0.2) is 0 Å². The topological polar surface area (TPSA) is 25.2 Å². The molecule has 0 saturated carbocycles. The molecule has 1 unspecified atom stereocenters. The Hall–Kier alpha value is -0.580. The lowest BCUT2D eigenvalue weighted by atomic mass is 10.2. The fourth-order valence-corrected chi connectivity index (χ4v) is 3.55. The molecule has 2 heterocycles. The van der Waals surface area contributed by atoms with Gasteiger partial charge in [-0.15, -0.1) is 11.3 Å². The zero-order valence-electron chi connectivity index (χ0n) is 10.9. The van der Waals surface area contributed by atoms with Gasteiger partial charge in [-0.3, -0.25) is 0 Å². The van der Waals surface area contributed by atoms with E-state index in [0.717, 1.165) is 24.5 Å². The van der Waals surface area contributed by atoms with Crippen molar-refractivity contribution in [1.29, 1.82) is 0 Å². The van der Waals surface area contributed by atoms with Crippen molar-refractivity contribution in [2.75, 3.05) is 6.54 Å². The van der Waals surface area contributed by atoms with Gasteiger partial charge < -0.3 is 9.73 Å². The average Bonchev–Trinajstić information content (AvgIpc) is 2.94. The summed E-state index contributed by atoms with van der Waals surface area (Å²) in [4.78, 5) is 2.59. The summed E-state index contributed by atoms with van der Waals surface area (Å²) in [5, 5.41) is 3.49. The van der Waals surface area contributed by atoms with E-state index in [1.54, 1.807) is 11.3 Å². The van der Waals surface area contributed by atoms with Crippen molar-refractivity contribution >= 4 is 27.3 Å². The van der Waals surface area contributed by atoms with Gasteiger partial charge in [0.05, 0.1) is 0 Å². The second-order valence-electron chi connectivity index (χ2n) is 4.20. The molecule has 0 aliphatic heterocycles. The molecule has 0 aliphatic rings. The first-order chi connectivity index (χ1) is 8.65. The van der Waals surface area contributed by atoms with Gasteiger partial charge in [0.25, 0.3) is 0 Å². The van der Waals surface area contributed by atoms with Gasteiger partial charge in [0.1, 0.15) is 17.6 Å². The van der Waals surface area contributed by atoms with Crippen LogP contribution in [-0.4, -0.2) is 6.54 Å². The number of nitrogens with one attached hydrogen (secondary N) is 1. The zero-order chi connectivity index (χ0) is 13.1. The van der Waals surface area contributed by atoms with E-state index in [-0.39, 0.29) is 6.04 Å².